The molecule has 1 saturated carbocycles. The first-order chi connectivity index (χ1) is 9.17. The molecule has 0 unspecified atom stereocenters. The van der Waals surface area contributed by atoms with Gasteiger partial charge in [0.25, 0.3) is 0 Å². The average Bonchev–Trinajstić information content (AvgIpc) is 2.91. The fraction of sp³-hybridized carbons (Fsp3) is 0.400. The van der Waals surface area contributed by atoms with Gasteiger partial charge < -0.3 is 5.73 Å². The number of aromatic nitrogens is 1. The zero-order valence-corrected chi connectivity index (χ0v) is 13.1. The molecule has 2 N–H and O–H groups in total. The van der Waals surface area contributed by atoms with Crippen LogP contribution in [0.15, 0.2) is 34.1 Å². The Morgan fingerprint density at radius 1 is 1.11 bits per heavy atom. The van der Waals surface area contributed by atoms with Crippen molar-refractivity contribution in [3.8, 4) is 11.3 Å². The quantitative estimate of drug-likeness (QED) is 0.863. The summed E-state index contributed by atoms with van der Waals surface area (Å²) >= 11 is 5.16. The molecule has 1 aromatic carbocycles. The second kappa shape index (κ2) is 5.35. The van der Waals surface area contributed by atoms with Crippen molar-refractivity contribution in [3.63, 3.8) is 0 Å². The van der Waals surface area contributed by atoms with Gasteiger partial charge in [0.05, 0.1) is 11.2 Å². The summed E-state index contributed by atoms with van der Waals surface area (Å²) in [5.74, 6) is 0. The van der Waals surface area contributed by atoms with Crippen LogP contribution in [0.25, 0.3) is 11.3 Å². The molecule has 1 heterocycles. The summed E-state index contributed by atoms with van der Waals surface area (Å²) in [5, 5.41) is 3.23. The van der Waals surface area contributed by atoms with Gasteiger partial charge in [-0.15, -0.1) is 11.3 Å². The van der Waals surface area contributed by atoms with E-state index in [4.69, 9.17) is 10.7 Å². The van der Waals surface area contributed by atoms with Crippen molar-refractivity contribution in [2.24, 2.45) is 5.73 Å². The number of halogens is 1. The predicted octanol–water partition coefficient (Wildman–Crippen LogP) is 4.69. The van der Waals surface area contributed by atoms with Crippen LogP contribution in [0, 0.1) is 0 Å². The topological polar surface area (TPSA) is 38.9 Å². The summed E-state index contributed by atoms with van der Waals surface area (Å²) in [6.45, 7) is 0. The van der Waals surface area contributed by atoms with Gasteiger partial charge in [0.15, 0.2) is 0 Å². The van der Waals surface area contributed by atoms with Crippen LogP contribution in [-0.4, -0.2) is 4.98 Å². The second-order valence-electron chi connectivity index (χ2n) is 5.26. The molecule has 2 aromatic rings. The molecular weight excluding hydrogens is 320 g/mol. The van der Waals surface area contributed by atoms with Crippen molar-refractivity contribution in [2.45, 2.75) is 37.6 Å². The van der Waals surface area contributed by atoms with Gasteiger partial charge >= 0.3 is 0 Å². The minimum atomic E-state index is -0.184. The highest BCUT2D eigenvalue weighted by Gasteiger charge is 2.32. The lowest BCUT2D eigenvalue weighted by Gasteiger charge is -2.31. The third kappa shape index (κ3) is 2.76. The molecule has 19 heavy (non-hydrogen) atoms. The van der Waals surface area contributed by atoms with E-state index in [0.29, 0.717) is 0 Å². The van der Waals surface area contributed by atoms with Crippen LogP contribution >= 0.6 is 27.3 Å². The Morgan fingerprint density at radius 2 is 1.79 bits per heavy atom. The molecule has 1 fully saturated rings. The Bertz CT molecular complexity index is 556. The number of nitrogens with zero attached hydrogens (tertiary/aromatic N) is 1. The molecule has 0 bridgehead atoms. The first-order valence-corrected chi connectivity index (χ1v) is 8.35. The summed E-state index contributed by atoms with van der Waals surface area (Å²) < 4.78 is 1.09. The second-order valence-corrected chi connectivity index (χ2v) is 7.04. The first-order valence-electron chi connectivity index (χ1n) is 6.68. The van der Waals surface area contributed by atoms with Gasteiger partial charge in [-0.3, -0.25) is 0 Å². The third-order valence-corrected chi connectivity index (χ3v) is 5.41. The molecule has 0 aliphatic heterocycles. The van der Waals surface area contributed by atoms with Gasteiger partial charge in [-0.25, -0.2) is 4.98 Å². The van der Waals surface area contributed by atoms with E-state index >= 15 is 0 Å². The highest BCUT2D eigenvalue weighted by molar-refractivity contribution is 9.10. The lowest BCUT2D eigenvalue weighted by atomic mass is 9.83. The van der Waals surface area contributed by atoms with Crippen molar-refractivity contribution in [3.05, 3.63) is 39.1 Å². The van der Waals surface area contributed by atoms with Crippen LogP contribution in [-0.2, 0) is 5.54 Å². The molecule has 0 amide bonds. The van der Waals surface area contributed by atoms with Crippen molar-refractivity contribution < 1.29 is 0 Å². The van der Waals surface area contributed by atoms with Crippen molar-refractivity contribution >= 4 is 27.3 Å². The zero-order valence-electron chi connectivity index (χ0n) is 10.7. The average molecular weight is 337 g/mol. The summed E-state index contributed by atoms with van der Waals surface area (Å²) in [7, 11) is 0. The van der Waals surface area contributed by atoms with Crippen molar-refractivity contribution in [2.75, 3.05) is 0 Å². The van der Waals surface area contributed by atoms with Crippen LogP contribution in [0.1, 0.15) is 37.1 Å². The van der Waals surface area contributed by atoms with Gasteiger partial charge in [-0.2, -0.15) is 0 Å². The normalized spacial score (nSPS) is 18.4. The van der Waals surface area contributed by atoms with Crippen LogP contribution < -0.4 is 5.73 Å². The molecule has 3 rings (SSSR count). The lowest BCUT2D eigenvalue weighted by Crippen LogP contribution is -2.38. The zero-order chi connectivity index (χ0) is 13.3. The SMILES string of the molecule is NC1(c2nc(-c3ccc(Br)cc3)cs2)CCCCC1. The highest BCUT2D eigenvalue weighted by atomic mass is 79.9. The Labute approximate surface area is 126 Å². The van der Waals surface area contributed by atoms with Crippen LogP contribution in [0.2, 0.25) is 0 Å². The van der Waals surface area contributed by atoms with Crippen LogP contribution in [0.4, 0.5) is 0 Å². The predicted molar refractivity (Wildman–Crippen MR) is 84.2 cm³/mol. The fourth-order valence-electron chi connectivity index (χ4n) is 2.65. The number of benzene rings is 1. The fourth-order valence-corrected chi connectivity index (χ4v) is 3.92. The standard InChI is InChI=1S/C15H17BrN2S/c16-12-6-4-11(5-7-12)13-10-19-14(18-13)15(17)8-2-1-3-9-15/h4-7,10H,1-3,8-9,17H2. The van der Waals surface area contributed by atoms with E-state index < -0.39 is 0 Å². The maximum Gasteiger partial charge on any atom is 0.113 e. The molecule has 1 aliphatic carbocycles. The number of hydrogen-bond acceptors (Lipinski definition) is 3. The molecule has 0 atom stereocenters. The molecule has 0 saturated heterocycles. The van der Waals surface area contributed by atoms with E-state index in [1.165, 1.54) is 19.3 Å². The van der Waals surface area contributed by atoms with Crippen molar-refractivity contribution in [1.29, 1.82) is 0 Å². The summed E-state index contributed by atoms with van der Waals surface area (Å²) in [6.07, 6.45) is 5.90. The van der Waals surface area contributed by atoms with E-state index in [1.807, 2.05) is 12.1 Å². The van der Waals surface area contributed by atoms with Crippen LogP contribution in [0.5, 0.6) is 0 Å². The van der Waals surface area contributed by atoms with Gasteiger partial charge in [0.2, 0.25) is 0 Å². The number of hydrogen-bond donors (Lipinski definition) is 1. The number of thiazole rings is 1. The molecule has 100 valence electrons. The maximum atomic E-state index is 6.54. The molecule has 1 aromatic heterocycles. The molecule has 0 radical (unpaired) electrons. The van der Waals surface area contributed by atoms with Gasteiger partial charge in [0.1, 0.15) is 5.01 Å². The Hall–Kier alpha value is -0.710. The Kier molecular flexibility index (Phi) is 3.74. The van der Waals surface area contributed by atoms with Crippen LogP contribution in [0.3, 0.4) is 0 Å². The third-order valence-electron chi connectivity index (χ3n) is 3.82. The van der Waals surface area contributed by atoms with E-state index in [2.05, 4.69) is 33.4 Å². The monoisotopic (exact) mass is 336 g/mol. The van der Waals surface area contributed by atoms with Gasteiger partial charge in [0, 0.05) is 15.4 Å². The van der Waals surface area contributed by atoms with E-state index in [9.17, 15) is 0 Å². The van der Waals surface area contributed by atoms with E-state index in [0.717, 1.165) is 33.6 Å². The minimum absolute atomic E-state index is 0.184. The summed E-state index contributed by atoms with van der Waals surface area (Å²) in [6, 6.07) is 8.28. The maximum absolute atomic E-state index is 6.54. The van der Waals surface area contributed by atoms with Gasteiger partial charge in [-0.1, -0.05) is 47.3 Å². The molecular formula is C15H17BrN2S. The first kappa shape index (κ1) is 13.3. The largest absolute Gasteiger partial charge is 0.319 e. The van der Waals surface area contributed by atoms with Crippen molar-refractivity contribution in [1.82, 2.24) is 4.98 Å². The summed E-state index contributed by atoms with van der Waals surface area (Å²) in [5.41, 5.74) is 8.55. The lowest BCUT2D eigenvalue weighted by molar-refractivity contribution is 0.301. The van der Waals surface area contributed by atoms with E-state index in [-0.39, 0.29) is 5.54 Å². The molecule has 2 nitrogen and oxygen atoms in total. The Balaban J connectivity index is 1.88. The molecule has 1 aliphatic rings. The highest BCUT2D eigenvalue weighted by Crippen LogP contribution is 2.37. The van der Waals surface area contributed by atoms with E-state index in [1.54, 1.807) is 11.3 Å². The molecule has 4 heteroatoms. The summed E-state index contributed by atoms with van der Waals surface area (Å²) in [4.78, 5) is 4.78. The minimum Gasteiger partial charge on any atom is -0.319 e. The smallest absolute Gasteiger partial charge is 0.113 e. The molecule has 0 spiro atoms. The Morgan fingerprint density at radius 3 is 2.47 bits per heavy atom. The number of rotatable bonds is 2. The number of nitrogens with two attached hydrogens (primary N) is 1. The van der Waals surface area contributed by atoms with Gasteiger partial charge in [-0.05, 0) is 25.0 Å².